The smallest absolute Gasteiger partial charge is 0.355 e. The van der Waals surface area contributed by atoms with E-state index in [1.165, 1.54) is 5.38 Å². The predicted molar refractivity (Wildman–Crippen MR) is 106 cm³/mol. The highest BCUT2D eigenvalue weighted by Gasteiger charge is 2.46. The van der Waals surface area contributed by atoms with Crippen LogP contribution in [0.1, 0.15) is 42.4 Å². The van der Waals surface area contributed by atoms with Gasteiger partial charge in [-0.25, -0.2) is 19.5 Å². The first-order valence-electron chi connectivity index (χ1n) is 9.01. The molecule has 0 aliphatic carbocycles. The molecule has 2 aromatic rings. The van der Waals surface area contributed by atoms with E-state index in [9.17, 15) is 19.2 Å². The summed E-state index contributed by atoms with van der Waals surface area (Å²) >= 11 is 0.957. The number of carboxylic acid groups (broad SMARTS) is 1. The average molecular weight is 416 g/mol. The number of hydrogen-bond donors (Lipinski definition) is 3. The lowest BCUT2D eigenvalue weighted by atomic mass is 9.96. The Morgan fingerprint density at radius 3 is 2.59 bits per heavy atom. The van der Waals surface area contributed by atoms with Crippen molar-refractivity contribution < 1.29 is 24.3 Å². The van der Waals surface area contributed by atoms with Crippen LogP contribution in [-0.4, -0.2) is 44.8 Å². The number of amides is 4. The van der Waals surface area contributed by atoms with Gasteiger partial charge in [0.25, 0.3) is 5.91 Å². The second-order valence-electron chi connectivity index (χ2n) is 6.66. The van der Waals surface area contributed by atoms with E-state index in [1.54, 1.807) is 37.3 Å². The molecule has 0 unspecified atom stereocenters. The fourth-order valence-corrected chi connectivity index (χ4v) is 3.78. The largest absolute Gasteiger partial charge is 0.476 e. The molecule has 3 rings (SSSR count). The molecule has 29 heavy (non-hydrogen) atoms. The third-order valence-corrected chi connectivity index (χ3v) is 5.54. The summed E-state index contributed by atoms with van der Waals surface area (Å²) in [5, 5.41) is 15.5. The van der Waals surface area contributed by atoms with Gasteiger partial charge in [-0.05, 0) is 11.5 Å². The second-order valence-corrected chi connectivity index (χ2v) is 7.52. The number of hydrogen-bond acceptors (Lipinski definition) is 6. The van der Waals surface area contributed by atoms with Crippen LogP contribution in [0.2, 0.25) is 0 Å². The minimum Gasteiger partial charge on any atom is -0.476 e. The Hall–Kier alpha value is -3.27. The van der Waals surface area contributed by atoms with E-state index in [2.05, 4.69) is 15.6 Å². The normalized spacial score (nSPS) is 18.3. The summed E-state index contributed by atoms with van der Waals surface area (Å²) < 4.78 is 0. The third-order valence-electron chi connectivity index (χ3n) is 4.79. The van der Waals surface area contributed by atoms with Gasteiger partial charge in [-0.3, -0.25) is 9.59 Å². The molecular weight excluding hydrogens is 396 g/mol. The molecule has 1 aliphatic heterocycles. The Kier molecular flexibility index (Phi) is 5.92. The lowest BCUT2D eigenvalue weighted by Gasteiger charge is -2.28. The fourth-order valence-electron chi connectivity index (χ4n) is 3.09. The number of nitrogens with one attached hydrogen (secondary N) is 2. The van der Waals surface area contributed by atoms with Gasteiger partial charge in [0.05, 0.1) is 0 Å². The van der Waals surface area contributed by atoms with Crippen molar-refractivity contribution in [3.8, 4) is 0 Å². The zero-order chi connectivity index (χ0) is 21.1. The summed E-state index contributed by atoms with van der Waals surface area (Å²) in [5.74, 6) is -2.63. The van der Waals surface area contributed by atoms with Gasteiger partial charge < -0.3 is 15.7 Å². The summed E-state index contributed by atoms with van der Waals surface area (Å²) in [6.07, 6.45) is 0.545. The summed E-state index contributed by atoms with van der Waals surface area (Å²) in [4.78, 5) is 54.3. The van der Waals surface area contributed by atoms with E-state index in [1.807, 2.05) is 6.92 Å². The number of carbonyl (C=O) groups excluding carboxylic acids is 3. The van der Waals surface area contributed by atoms with E-state index in [0.29, 0.717) is 12.0 Å². The molecule has 10 heteroatoms. The van der Waals surface area contributed by atoms with Gasteiger partial charge >= 0.3 is 12.0 Å². The van der Waals surface area contributed by atoms with Crippen LogP contribution in [0.4, 0.5) is 9.93 Å². The number of aromatic nitrogens is 1. The molecule has 0 radical (unpaired) electrons. The number of urea groups is 1. The SMILES string of the molecule is CC[C@H](C)[C@@H](C(=O)Nc1nc(C(=O)O)cs1)N1C(=O)N[C@H](c2ccccc2)C1=O. The molecule has 3 N–H and O–H groups in total. The molecular formula is C19H20N4O5S. The van der Waals surface area contributed by atoms with Crippen LogP contribution in [-0.2, 0) is 9.59 Å². The van der Waals surface area contributed by atoms with Crippen molar-refractivity contribution in [2.24, 2.45) is 5.92 Å². The molecule has 1 fully saturated rings. The quantitative estimate of drug-likeness (QED) is 0.595. The van der Waals surface area contributed by atoms with Gasteiger partial charge in [-0.1, -0.05) is 50.6 Å². The van der Waals surface area contributed by atoms with Crippen molar-refractivity contribution >= 4 is 40.3 Å². The first-order chi connectivity index (χ1) is 13.8. The van der Waals surface area contributed by atoms with E-state index in [0.717, 1.165) is 16.2 Å². The number of anilines is 1. The van der Waals surface area contributed by atoms with Gasteiger partial charge in [0.15, 0.2) is 10.8 Å². The molecule has 1 aromatic heterocycles. The molecule has 0 spiro atoms. The van der Waals surface area contributed by atoms with Crippen LogP contribution in [0.5, 0.6) is 0 Å². The standard InChI is InChI=1S/C19H20N4O5S/c1-3-10(2)14(15(24)22-18-20-12(9-29-18)17(26)27)23-16(25)13(21-19(23)28)11-7-5-4-6-8-11/h4-10,13-14H,3H2,1-2H3,(H,21,28)(H,26,27)(H,20,22,24)/t10-,13+,14-/m0/s1. The van der Waals surface area contributed by atoms with Gasteiger partial charge in [-0.2, -0.15) is 0 Å². The molecule has 1 aromatic carbocycles. The summed E-state index contributed by atoms with van der Waals surface area (Å²) in [5.41, 5.74) is 0.437. The number of nitrogens with zero attached hydrogens (tertiary/aromatic N) is 2. The maximum absolute atomic E-state index is 13.0. The van der Waals surface area contributed by atoms with Crippen molar-refractivity contribution in [2.45, 2.75) is 32.4 Å². The number of aromatic carboxylic acids is 1. The molecule has 3 atom stereocenters. The minimum absolute atomic E-state index is 0.0902. The first kappa shape index (κ1) is 20.5. The number of imide groups is 1. The zero-order valence-corrected chi connectivity index (χ0v) is 16.6. The topological polar surface area (TPSA) is 129 Å². The first-order valence-corrected chi connectivity index (χ1v) is 9.89. The van der Waals surface area contributed by atoms with E-state index in [4.69, 9.17) is 5.11 Å². The highest BCUT2D eigenvalue weighted by Crippen LogP contribution is 2.28. The van der Waals surface area contributed by atoms with E-state index >= 15 is 0 Å². The highest BCUT2D eigenvalue weighted by molar-refractivity contribution is 7.14. The molecule has 2 heterocycles. The Labute approximate surface area is 170 Å². The monoisotopic (exact) mass is 416 g/mol. The molecule has 1 saturated heterocycles. The van der Waals surface area contributed by atoms with Crippen LogP contribution >= 0.6 is 11.3 Å². The Bertz CT molecular complexity index is 945. The number of rotatable bonds is 7. The Balaban J connectivity index is 1.85. The second kappa shape index (κ2) is 8.39. The summed E-state index contributed by atoms with van der Waals surface area (Å²) in [6.45, 7) is 3.62. The molecule has 0 saturated carbocycles. The van der Waals surface area contributed by atoms with Crippen LogP contribution in [0.15, 0.2) is 35.7 Å². The Morgan fingerprint density at radius 2 is 2.00 bits per heavy atom. The van der Waals surface area contributed by atoms with Crippen molar-refractivity contribution in [1.29, 1.82) is 0 Å². The van der Waals surface area contributed by atoms with Gasteiger partial charge in [0, 0.05) is 5.38 Å². The van der Waals surface area contributed by atoms with Gasteiger partial charge in [0.1, 0.15) is 12.1 Å². The molecule has 1 aliphatic rings. The third kappa shape index (κ3) is 4.11. The molecule has 9 nitrogen and oxygen atoms in total. The molecule has 0 bridgehead atoms. The van der Waals surface area contributed by atoms with Crippen molar-refractivity contribution in [2.75, 3.05) is 5.32 Å². The van der Waals surface area contributed by atoms with Crippen molar-refractivity contribution in [1.82, 2.24) is 15.2 Å². The fraction of sp³-hybridized carbons (Fsp3) is 0.316. The van der Waals surface area contributed by atoms with Crippen LogP contribution in [0.25, 0.3) is 0 Å². The number of carbonyl (C=O) groups is 4. The number of carboxylic acids is 1. The summed E-state index contributed by atoms with van der Waals surface area (Å²) in [6, 6.07) is 6.23. The highest BCUT2D eigenvalue weighted by atomic mass is 32.1. The lowest BCUT2D eigenvalue weighted by molar-refractivity contribution is -0.135. The zero-order valence-electron chi connectivity index (χ0n) is 15.8. The van der Waals surface area contributed by atoms with Crippen LogP contribution < -0.4 is 10.6 Å². The van der Waals surface area contributed by atoms with E-state index < -0.39 is 35.9 Å². The lowest BCUT2D eigenvalue weighted by Crippen LogP contribution is -2.51. The summed E-state index contributed by atoms with van der Waals surface area (Å²) in [7, 11) is 0. The maximum Gasteiger partial charge on any atom is 0.355 e. The van der Waals surface area contributed by atoms with Crippen LogP contribution in [0, 0.1) is 5.92 Å². The predicted octanol–water partition coefficient (Wildman–Crippen LogP) is 2.49. The van der Waals surface area contributed by atoms with Crippen LogP contribution in [0.3, 0.4) is 0 Å². The number of benzene rings is 1. The maximum atomic E-state index is 13.0. The Morgan fingerprint density at radius 1 is 1.31 bits per heavy atom. The minimum atomic E-state index is -1.21. The molecule has 152 valence electrons. The molecule has 4 amide bonds. The van der Waals surface area contributed by atoms with E-state index in [-0.39, 0.29) is 16.7 Å². The average Bonchev–Trinajstić information content (AvgIpc) is 3.28. The van der Waals surface area contributed by atoms with Gasteiger partial charge in [0.2, 0.25) is 5.91 Å². The van der Waals surface area contributed by atoms with Gasteiger partial charge in [-0.15, -0.1) is 11.3 Å². The van der Waals surface area contributed by atoms with Crippen molar-refractivity contribution in [3.05, 3.63) is 47.0 Å². The number of thiazole rings is 1. The van der Waals surface area contributed by atoms with Crippen molar-refractivity contribution in [3.63, 3.8) is 0 Å².